The summed E-state index contributed by atoms with van der Waals surface area (Å²) in [4.78, 5) is 37.5. The molecule has 1 unspecified atom stereocenters. The molecule has 2 fully saturated rings. The van der Waals surface area contributed by atoms with E-state index in [1.807, 2.05) is 13.8 Å². The summed E-state index contributed by atoms with van der Waals surface area (Å²) in [5.41, 5.74) is -0.462. The molecule has 0 bridgehead atoms. The maximum absolute atomic E-state index is 12.7. The van der Waals surface area contributed by atoms with E-state index in [1.165, 1.54) is 4.90 Å². The van der Waals surface area contributed by atoms with Crippen LogP contribution >= 0.6 is 0 Å². The fraction of sp³-hybridized carbons (Fsp3) is 0.769. The smallest absolute Gasteiger partial charge is 0.249 e. The third-order valence-electron chi connectivity index (χ3n) is 4.13. The van der Waals surface area contributed by atoms with Gasteiger partial charge in [0, 0.05) is 5.41 Å². The molecule has 2 N–H and O–H groups in total. The summed E-state index contributed by atoms with van der Waals surface area (Å²) >= 11 is 0. The van der Waals surface area contributed by atoms with Crippen molar-refractivity contribution in [3.05, 3.63) is 0 Å². The van der Waals surface area contributed by atoms with Gasteiger partial charge in [-0.2, -0.15) is 0 Å². The zero-order chi connectivity index (χ0) is 14.0. The van der Waals surface area contributed by atoms with Crippen LogP contribution < -0.4 is 10.6 Å². The number of carbonyl (C=O) groups is 3. The lowest BCUT2D eigenvalue weighted by Gasteiger charge is -2.41. The van der Waals surface area contributed by atoms with E-state index in [-0.39, 0.29) is 24.3 Å². The van der Waals surface area contributed by atoms with E-state index in [0.717, 1.165) is 25.9 Å². The van der Waals surface area contributed by atoms with Crippen molar-refractivity contribution in [2.24, 2.45) is 5.41 Å². The van der Waals surface area contributed by atoms with Crippen LogP contribution in [0.4, 0.5) is 0 Å². The molecule has 19 heavy (non-hydrogen) atoms. The number of amides is 3. The van der Waals surface area contributed by atoms with Crippen LogP contribution in [-0.4, -0.2) is 48.3 Å². The van der Waals surface area contributed by atoms with Gasteiger partial charge in [0.2, 0.25) is 17.7 Å². The second kappa shape index (κ2) is 5.28. The minimum atomic E-state index is -0.517. The SMILES string of the molecule is CCC1C(=O)NC(=O)CN1C(=O)C1(C)CCNCC1. The summed E-state index contributed by atoms with van der Waals surface area (Å²) in [6.07, 6.45) is 2.02. The summed E-state index contributed by atoms with van der Waals surface area (Å²) in [5, 5.41) is 5.52. The van der Waals surface area contributed by atoms with Gasteiger partial charge in [0.05, 0.1) is 0 Å². The molecule has 0 spiro atoms. The second-order valence-corrected chi connectivity index (χ2v) is 5.58. The maximum Gasteiger partial charge on any atom is 0.249 e. The Hall–Kier alpha value is -1.43. The molecule has 0 aromatic rings. The first-order valence-corrected chi connectivity index (χ1v) is 6.83. The first-order chi connectivity index (χ1) is 8.98. The number of nitrogens with zero attached hydrogens (tertiary/aromatic N) is 1. The largest absolute Gasteiger partial charge is 0.321 e. The molecule has 2 aliphatic heterocycles. The molecule has 1 atom stereocenters. The van der Waals surface area contributed by atoms with Crippen LogP contribution in [0.2, 0.25) is 0 Å². The first-order valence-electron chi connectivity index (χ1n) is 6.83. The fourth-order valence-corrected chi connectivity index (χ4v) is 2.82. The third kappa shape index (κ3) is 2.63. The Labute approximate surface area is 112 Å². The van der Waals surface area contributed by atoms with Crippen LogP contribution in [0.3, 0.4) is 0 Å². The molecule has 0 aromatic carbocycles. The molecule has 0 radical (unpaired) electrons. The van der Waals surface area contributed by atoms with Gasteiger partial charge in [0.25, 0.3) is 0 Å². The highest BCUT2D eigenvalue weighted by Gasteiger charge is 2.43. The third-order valence-corrected chi connectivity index (χ3v) is 4.13. The van der Waals surface area contributed by atoms with Gasteiger partial charge in [-0.1, -0.05) is 13.8 Å². The number of rotatable bonds is 2. The lowest BCUT2D eigenvalue weighted by atomic mass is 9.79. The molecule has 6 nitrogen and oxygen atoms in total. The van der Waals surface area contributed by atoms with Crippen molar-refractivity contribution in [1.29, 1.82) is 0 Å². The minimum Gasteiger partial charge on any atom is -0.321 e. The van der Waals surface area contributed by atoms with E-state index in [4.69, 9.17) is 0 Å². The summed E-state index contributed by atoms with van der Waals surface area (Å²) in [5.74, 6) is -0.811. The summed E-state index contributed by atoms with van der Waals surface area (Å²) in [6, 6.07) is -0.517. The van der Waals surface area contributed by atoms with Crippen LogP contribution in [0.5, 0.6) is 0 Å². The Morgan fingerprint density at radius 2 is 2.00 bits per heavy atom. The number of hydrogen-bond acceptors (Lipinski definition) is 4. The normalized spacial score (nSPS) is 27.1. The van der Waals surface area contributed by atoms with Gasteiger partial charge in [-0.3, -0.25) is 19.7 Å². The number of hydrogen-bond donors (Lipinski definition) is 2. The zero-order valence-corrected chi connectivity index (χ0v) is 11.5. The molecule has 2 saturated heterocycles. The predicted octanol–water partition coefficient (Wildman–Crippen LogP) is -0.360. The molecule has 6 heteroatoms. The molecule has 2 rings (SSSR count). The van der Waals surface area contributed by atoms with Crippen molar-refractivity contribution in [3.63, 3.8) is 0 Å². The van der Waals surface area contributed by atoms with Gasteiger partial charge < -0.3 is 10.2 Å². The monoisotopic (exact) mass is 267 g/mol. The van der Waals surface area contributed by atoms with Crippen LogP contribution in [0.1, 0.15) is 33.1 Å². The van der Waals surface area contributed by atoms with Crippen molar-refractivity contribution in [1.82, 2.24) is 15.5 Å². The summed E-state index contributed by atoms with van der Waals surface area (Å²) in [7, 11) is 0. The standard InChI is InChI=1S/C13H21N3O3/c1-3-9-11(18)15-10(17)8-16(9)12(19)13(2)4-6-14-7-5-13/h9,14H,3-8H2,1-2H3,(H,15,17,18). The zero-order valence-electron chi connectivity index (χ0n) is 11.5. The van der Waals surface area contributed by atoms with Gasteiger partial charge in [0.15, 0.2) is 0 Å². The first kappa shape index (κ1) is 14.0. The van der Waals surface area contributed by atoms with Crippen molar-refractivity contribution < 1.29 is 14.4 Å². The lowest BCUT2D eigenvalue weighted by Crippen LogP contribution is -2.62. The predicted molar refractivity (Wildman–Crippen MR) is 69.2 cm³/mol. The minimum absolute atomic E-state index is 0.00784. The van der Waals surface area contributed by atoms with E-state index >= 15 is 0 Å². The molecule has 0 saturated carbocycles. The number of nitrogens with one attached hydrogen (secondary N) is 2. The molecule has 2 aliphatic rings. The Morgan fingerprint density at radius 3 is 2.58 bits per heavy atom. The van der Waals surface area contributed by atoms with E-state index in [1.54, 1.807) is 0 Å². The summed E-state index contributed by atoms with van der Waals surface area (Å²) in [6.45, 7) is 5.37. The number of piperazine rings is 1. The van der Waals surface area contributed by atoms with E-state index in [2.05, 4.69) is 10.6 Å². The maximum atomic E-state index is 12.7. The quantitative estimate of drug-likeness (QED) is 0.670. The van der Waals surface area contributed by atoms with E-state index in [0.29, 0.717) is 6.42 Å². The van der Waals surface area contributed by atoms with Gasteiger partial charge >= 0.3 is 0 Å². The molecule has 2 heterocycles. The van der Waals surface area contributed by atoms with Gasteiger partial charge in [0.1, 0.15) is 12.6 Å². The molecule has 0 aromatic heterocycles. The van der Waals surface area contributed by atoms with Crippen LogP contribution in [0, 0.1) is 5.41 Å². The van der Waals surface area contributed by atoms with Crippen molar-refractivity contribution in [2.75, 3.05) is 19.6 Å². The van der Waals surface area contributed by atoms with Gasteiger partial charge in [-0.25, -0.2) is 0 Å². The molecule has 0 aliphatic carbocycles. The van der Waals surface area contributed by atoms with E-state index in [9.17, 15) is 14.4 Å². The average molecular weight is 267 g/mol. The average Bonchev–Trinajstić information content (AvgIpc) is 2.38. The van der Waals surface area contributed by atoms with Crippen LogP contribution in [0.15, 0.2) is 0 Å². The van der Waals surface area contributed by atoms with Gasteiger partial charge in [-0.05, 0) is 32.4 Å². The Balaban J connectivity index is 2.19. The van der Waals surface area contributed by atoms with Crippen LogP contribution in [0.25, 0.3) is 0 Å². The molecule has 106 valence electrons. The van der Waals surface area contributed by atoms with Crippen molar-refractivity contribution in [3.8, 4) is 0 Å². The molecular formula is C13H21N3O3. The highest BCUT2D eigenvalue weighted by Crippen LogP contribution is 2.31. The highest BCUT2D eigenvalue weighted by atomic mass is 16.2. The van der Waals surface area contributed by atoms with E-state index < -0.39 is 11.5 Å². The number of piperidine rings is 1. The Morgan fingerprint density at radius 1 is 1.37 bits per heavy atom. The summed E-state index contributed by atoms with van der Waals surface area (Å²) < 4.78 is 0. The van der Waals surface area contributed by atoms with Crippen molar-refractivity contribution >= 4 is 17.7 Å². The number of imide groups is 1. The lowest BCUT2D eigenvalue weighted by molar-refractivity contribution is -0.156. The Kier molecular flexibility index (Phi) is 3.89. The van der Waals surface area contributed by atoms with Gasteiger partial charge in [-0.15, -0.1) is 0 Å². The molecular weight excluding hydrogens is 246 g/mol. The second-order valence-electron chi connectivity index (χ2n) is 5.58. The Bertz CT molecular complexity index is 402. The molecule has 3 amide bonds. The number of carbonyl (C=O) groups excluding carboxylic acids is 3. The van der Waals surface area contributed by atoms with Crippen LogP contribution in [-0.2, 0) is 14.4 Å². The topological polar surface area (TPSA) is 78.5 Å². The highest BCUT2D eigenvalue weighted by molar-refractivity contribution is 6.04. The van der Waals surface area contributed by atoms with Crippen molar-refractivity contribution in [2.45, 2.75) is 39.2 Å². The fourth-order valence-electron chi connectivity index (χ4n) is 2.82.